The number of aromatic nitrogens is 4. The first-order chi connectivity index (χ1) is 12.4. The number of anilines is 1. The quantitative estimate of drug-likeness (QED) is 0.716. The molecule has 1 N–H and O–H groups in total. The number of halogens is 2. The minimum absolute atomic E-state index is 0.140. The molecule has 0 aliphatic heterocycles. The van der Waals surface area contributed by atoms with Gasteiger partial charge < -0.3 is 5.32 Å². The van der Waals surface area contributed by atoms with Crippen LogP contribution in [0.4, 0.5) is 10.1 Å². The smallest absolute Gasteiger partial charge is 0.226 e. The van der Waals surface area contributed by atoms with Crippen LogP contribution < -0.4 is 5.32 Å². The number of aryl methyl sites for hydroxylation is 2. The lowest BCUT2D eigenvalue weighted by Gasteiger charge is -2.05. The lowest BCUT2D eigenvalue weighted by atomic mass is 10.2. The van der Waals surface area contributed by atoms with E-state index in [1.165, 1.54) is 12.1 Å². The summed E-state index contributed by atoms with van der Waals surface area (Å²) in [4.78, 5) is 12.1. The van der Waals surface area contributed by atoms with Gasteiger partial charge in [-0.2, -0.15) is 10.2 Å². The maximum atomic E-state index is 13.2. The van der Waals surface area contributed by atoms with Crippen LogP contribution in [0.2, 0.25) is 5.02 Å². The van der Waals surface area contributed by atoms with Gasteiger partial charge in [-0.15, -0.1) is 0 Å². The van der Waals surface area contributed by atoms with Crippen molar-refractivity contribution in [3.63, 3.8) is 0 Å². The summed E-state index contributed by atoms with van der Waals surface area (Å²) >= 11 is 6.10. The van der Waals surface area contributed by atoms with Crippen LogP contribution >= 0.6 is 11.6 Å². The predicted octanol–water partition coefficient (Wildman–Crippen LogP) is 3.57. The van der Waals surface area contributed by atoms with Crippen molar-refractivity contribution in [1.29, 1.82) is 0 Å². The van der Waals surface area contributed by atoms with Crippen LogP contribution in [0.25, 0.3) is 0 Å². The van der Waals surface area contributed by atoms with Crippen LogP contribution in [-0.4, -0.2) is 25.5 Å². The molecular formula is C18H19ClFN5O. The van der Waals surface area contributed by atoms with Crippen molar-refractivity contribution in [2.75, 3.05) is 5.32 Å². The molecule has 0 bridgehead atoms. The number of hydrogen-bond acceptors (Lipinski definition) is 3. The molecule has 0 spiro atoms. The highest BCUT2D eigenvalue weighted by atomic mass is 35.5. The molecule has 2 heterocycles. The zero-order valence-electron chi connectivity index (χ0n) is 14.5. The minimum atomic E-state index is -0.285. The third-order valence-corrected chi connectivity index (χ3v) is 4.54. The van der Waals surface area contributed by atoms with Gasteiger partial charge in [-0.3, -0.25) is 14.2 Å². The Balaban J connectivity index is 1.55. The van der Waals surface area contributed by atoms with Crippen molar-refractivity contribution in [3.8, 4) is 0 Å². The summed E-state index contributed by atoms with van der Waals surface area (Å²) in [6.45, 7) is 4.58. The van der Waals surface area contributed by atoms with Crippen molar-refractivity contribution in [3.05, 3.63) is 64.5 Å². The van der Waals surface area contributed by atoms with Crippen molar-refractivity contribution in [2.24, 2.45) is 0 Å². The number of benzene rings is 1. The number of carbonyl (C=O) groups is 1. The highest BCUT2D eigenvalue weighted by Crippen LogP contribution is 2.19. The van der Waals surface area contributed by atoms with Gasteiger partial charge >= 0.3 is 0 Å². The lowest BCUT2D eigenvalue weighted by molar-refractivity contribution is -0.116. The molecule has 1 aromatic carbocycles. The second kappa shape index (κ2) is 7.70. The van der Waals surface area contributed by atoms with Crippen LogP contribution in [0.15, 0.2) is 36.7 Å². The van der Waals surface area contributed by atoms with Crippen molar-refractivity contribution >= 4 is 23.2 Å². The third-order valence-electron chi connectivity index (χ3n) is 3.99. The van der Waals surface area contributed by atoms with Crippen molar-refractivity contribution in [2.45, 2.75) is 33.4 Å². The van der Waals surface area contributed by atoms with Crippen LogP contribution in [-0.2, 0) is 17.9 Å². The normalized spacial score (nSPS) is 10.9. The molecule has 0 atom stereocenters. The van der Waals surface area contributed by atoms with E-state index in [4.69, 9.17) is 11.6 Å². The number of amides is 1. The van der Waals surface area contributed by atoms with E-state index in [0.29, 0.717) is 23.8 Å². The maximum Gasteiger partial charge on any atom is 0.226 e. The van der Waals surface area contributed by atoms with E-state index < -0.39 is 0 Å². The van der Waals surface area contributed by atoms with Gasteiger partial charge in [0.25, 0.3) is 0 Å². The minimum Gasteiger partial charge on any atom is -0.323 e. The summed E-state index contributed by atoms with van der Waals surface area (Å²) in [6.07, 6.45) is 3.55. The summed E-state index contributed by atoms with van der Waals surface area (Å²) in [5.74, 6) is -0.425. The average molecular weight is 376 g/mol. The van der Waals surface area contributed by atoms with Gasteiger partial charge in [0.1, 0.15) is 5.82 Å². The molecule has 0 unspecified atom stereocenters. The number of carbonyl (C=O) groups excluding carboxylic acids is 1. The molecule has 6 nitrogen and oxygen atoms in total. The number of rotatable bonds is 6. The highest BCUT2D eigenvalue weighted by molar-refractivity contribution is 6.31. The fraction of sp³-hybridized carbons (Fsp3) is 0.278. The molecular weight excluding hydrogens is 357 g/mol. The Bertz CT molecular complexity index is 934. The van der Waals surface area contributed by atoms with Crippen molar-refractivity contribution < 1.29 is 9.18 Å². The maximum absolute atomic E-state index is 13.2. The molecule has 2 aromatic heterocycles. The summed E-state index contributed by atoms with van der Waals surface area (Å²) in [5.41, 5.74) is 2.99. The summed E-state index contributed by atoms with van der Waals surface area (Å²) in [5, 5.41) is 11.9. The Morgan fingerprint density at radius 1 is 1.35 bits per heavy atom. The average Bonchev–Trinajstić information content (AvgIpc) is 3.12. The van der Waals surface area contributed by atoms with Crippen molar-refractivity contribution in [1.82, 2.24) is 19.6 Å². The van der Waals surface area contributed by atoms with E-state index >= 15 is 0 Å². The van der Waals surface area contributed by atoms with E-state index in [1.54, 1.807) is 27.8 Å². The first kappa shape index (κ1) is 18.1. The zero-order chi connectivity index (χ0) is 18.7. The fourth-order valence-electron chi connectivity index (χ4n) is 2.66. The van der Waals surface area contributed by atoms with E-state index in [2.05, 4.69) is 15.5 Å². The second-order valence-electron chi connectivity index (χ2n) is 6.06. The molecule has 3 rings (SSSR count). The Morgan fingerprint density at radius 2 is 2.15 bits per heavy atom. The van der Waals surface area contributed by atoms with Gasteiger partial charge in [0.2, 0.25) is 5.91 Å². The zero-order valence-corrected chi connectivity index (χ0v) is 15.3. The monoisotopic (exact) mass is 375 g/mol. The number of nitrogens with zero attached hydrogens (tertiary/aromatic N) is 4. The molecule has 0 fully saturated rings. The molecule has 1 amide bonds. The summed E-state index contributed by atoms with van der Waals surface area (Å²) in [7, 11) is 0. The topological polar surface area (TPSA) is 64.7 Å². The standard InChI is InChI=1S/C18H19ClFN5O/c1-12-18(19)13(2)25(23-12)7-6-17(26)22-16-9-21-24(11-16)10-14-4-3-5-15(20)8-14/h3-5,8-9,11H,6-7,10H2,1-2H3,(H,22,26). The molecule has 136 valence electrons. The van der Waals surface area contributed by atoms with E-state index in [-0.39, 0.29) is 18.1 Å². The highest BCUT2D eigenvalue weighted by Gasteiger charge is 2.11. The molecule has 3 aromatic rings. The molecule has 8 heteroatoms. The molecule has 0 radical (unpaired) electrons. The third kappa shape index (κ3) is 4.29. The van der Waals surface area contributed by atoms with Crippen LogP contribution in [0, 0.1) is 19.7 Å². The Kier molecular flexibility index (Phi) is 5.37. The SMILES string of the molecule is Cc1nn(CCC(=O)Nc2cnn(Cc3cccc(F)c3)c2)c(C)c1Cl. The second-order valence-corrected chi connectivity index (χ2v) is 6.44. The van der Waals surface area contributed by atoms with E-state index in [9.17, 15) is 9.18 Å². The predicted molar refractivity (Wildman–Crippen MR) is 97.7 cm³/mol. The molecule has 0 saturated carbocycles. The molecule has 0 aliphatic carbocycles. The fourth-order valence-corrected chi connectivity index (χ4v) is 2.80. The molecule has 26 heavy (non-hydrogen) atoms. The first-order valence-electron chi connectivity index (χ1n) is 8.18. The van der Waals surface area contributed by atoms with Gasteiger partial charge in [0.15, 0.2) is 0 Å². The van der Waals surface area contributed by atoms with Crippen LogP contribution in [0.3, 0.4) is 0 Å². The Labute approximate surface area is 155 Å². The number of hydrogen-bond donors (Lipinski definition) is 1. The van der Waals surface area contributed by atoms with Crippen LogP contribution in [0.1, 0.15) is 23.4 Å². The van der Waals surface area contributed by atoms with Gasteiger partial charge in [0, 0.05) is 12.6 Å². The Morgan fingerprint density at radius 3 is 2.85 bits per heavy atom. The Hall–Kier alpha value is -2.67. The molecule has 0 aliphatic rings. The largest absolute Gasteiger partial charge is 0.323 e. The van der Waals surface area contributed by atoms with Crippen LogP contribution in [0.5, 0.6) is 0 Å². The summed E-state index contributed by atoms with van der Waals surface area (Å²) < 4.78 is 16.6. The summed E-state index contributed by atoms with van der Waals surface area (Å²) in [6, 6.07) is 6.33. The van der Waals surface area contributed by atoms with Gasteiger partial charge in [-0.1, -0.05) is 23.7 Å². The molecule has 0 saturated heterocycles. The number of nitrogens with one attached hydrogen (secondary N) is 1. The lowest BCUT2D eigenvalue weighted by Crippen LogP contribution is -2.15. The van der Waals surface area contributed by atoms with E-state index in [1.807, 2.05) is 19.9 Å². The van der Waals surface area contributed by atoms with Gasteiger partial charge in [-0.25, -0.2) is 4.39 Å². The van der Waals surface area contributed by atoms with Gasteiger partial charge in [0.05, 0.1) is 41.4 Å². The van der Waals surface area contributed by atoms with E-state index in [0.717, 1.165) is 17.0 Å². The van der Waals surface area contributed by atoms with Gasteiger partial charge in [-0.05, 0) is 31.5 Å². The first-order valence-corrected chi connectivity index (χ1v) is 8.56.